The van der Waals surface area contributed by atoms with Gasteiger partial charge in [0, 0.05) is 38.1 Å². The molecule has 35 heavy (non-hydrogen) atoms. The van der Waals surface area contributed by atoms with Crippen LogP contribution in [0.1, 0.15) is 51.4 Å². The van der Waals surface area contributed by atoms with Gasteiger partial charge in [0.05, 0.1) is 16.1 Å². The Morgan fingerprint density at radius 2 is 1.86 bits per heavy atom. The minimum Gasteiger partial charge on any atom is -0.374 e. The Labute approximate surface area is 203 Å². The minimum atomic E-state index is -4.64. The van der Waals surface area contributed by atoms with E-state index in [2.05, 4.69) is 50.0 Å². The van der Waals surface area contributed by atoms with E-state index in [-0.39, 0.29) is 22.4 Å². The smallest absolute Gasteiger partial charge is 0.374 e. The molecule has 0 atom stereocenters. The fourth-order valence-corrected chi connectivity index (χ4v) is 5.78. The van der Waals surface area contributed by atoms with Crippen LogP contribution in [0.5, 0.6) is 0 Å². The van der Waals surface area contributed by atoms with Crippen molar-refractivity contribution in [2.45, 2.75) is 38.0 Å². The van der Waals surface area contributed by atoms with Crippen LogP contribution in [0.25, 0.3) is 10.6 Å². The Morgan fingerprint density at radius 1 is 1.11 bits per heavy atom. The number of amides is 1. The number of nitrogens with one attached hydrogen (secondary N) is 3. The van der Waals surface area contributed by atoms with Crippen LogP contribution in [0.3, 0.4) is 0 Å². The van der Waals surface area contributed by atoms with Crippen molar-refractivity contribution in [3.63, 3.8) is 0 Å². The van der Waals surface area contributed by atoms with Gasteiger partial charge in [0.25, 0.3) is 5.91 Å². The predicted octanol–water partition coefficient (Wildman–Crippen LogP) is 4.95. The summed E-state index contributed by atoms with van der Waals surface area (Å²) >= 11 is 1.09. The molecular formula is C24H23F3N6OS. The summed E-state index contributed by atoms with van der Waals surface area (Å²) in [4.78, 5) is 23.2. The van der Waals surface area contributed by atoms with Crippen LogP contribution in [-0.2, 0) is 19.3 Å². The number of nitrogens with zero attached hydrogens (tertiary/aromatic N) is 3. The van der Waals surface area contributed by atoms with Crippen LogP contribution in [0.4, 0.5) is 29.8 Å². The van der Waals surface area contributed by atoms with Gasteiger partial charge in [-0.2, -0.15) is 13.2 Å². The van der Waals surface area contributed by atoms with E-state index in [1.165, 1.54) is 17.2 Å². The molecule has 2 aromatic heterocycles. The third-order valence-electron chi connectivity index (χ3n) is 6.52. The normalized spacial score (nSPS) is 17.9. The Balaban J connectivity index is 1.41. The molecule has 11 heteroatoms. The Bertz CT molecular complexity index is 1330. The maximum absolute atomic E-state index is 13.9. The van der Waals surface area contributed by atoms with E-state index < -0.39 is 11.7 Å². The van der Waals surface area contributed by atoms with Gasteiger partial charge in [0.15, 0.2) is 0 Å². The lowest BCUT2D eigenvalue weighted by Crippen LogP contribution is -2.24. The van der Waals surface area contributed by atoms with Crippen molar-refractivity contribution in [3.05, 3.63) is 52.2 Å². The molecule has 1 aromatic carbocycles. The maximum atomic E-state index is 13.9. The van der Waals surface area contributed by atoms with Crippen molar-refractivity contribution in [2.75, 3.05) is 30.8 Å². The molecule has 7 nitrogen and oxygen atoms in total. The average Bonchev–Trinajstić information content (AvgIpc) is 3.49. The van der Waals surface area contributed by atoms with Crippen LogP contribution in [0.15, 0.2) is 24.4 Å². The molecule has 0 spiro atoms. The van der Waals surface area contributed by atoms with Crippen LogP contribution < -0.4 is 16.0 Å². The number of carbonyl (C=O) groups excluding carboxylic acids is 1. The van der Waals surface area contributed by atoms with Crippen molar-refractivity contribution in [1.29, 1.82) is 0 Å². The van der Waals surface area contributed by atoms with Crippen LogP contribution in [0, 0.1) is 0 Å². The minimum absolute atomic E-state index is 0.0993. The molecule has 2 aliphatic heterocycles. The lowest BCUT2D eigenvalue weighted by Gasteiger charge is -2.15. The monoisotopic (exact) mass is 500 g/mol. The molecule has 1 fully saturated rings. The lowest BCUT2D eigenvalue weighted by molar-refractivity contribution is -0.137. The van der Waals surface area contributed by atoms with Crippen molar-refractivity contribution in [3.8, 4) is 10.6 Å². The number of benzene rings is 1. The Hall–Kier alpha value is -3.18. The summed E-state index contributed by atoms with van der Waals surface area (Å²) in [5, 5.41) is 9.59. The number of fused-ring (bicyclic) bond motifs is 2. The fraction of sp³-hybridized carbons (Fsp3) is 0.375. The fourth-order valence-electron chi connectivity index (χ4n) is 4.69. The van der Waals surface area contributed by atoms with E-state index in [1.807, 2.05) is 0 Å². The summed E-state index contributed by atoms with van der Waals surface area (Å²) in [7, 11) is 2.06. The topological polar surface area (TPSA) is 82.2 Å². The van der Waals surface area contributed by atoms with Gasteiger partial charge in [-0.25, -0.2) is 9.97 Å². The summed E-state index contributed by atoms with van der Waals surface area (Å²) in [6.07, 6.45) is -1.63. The van der Waals surface area contributed by atoms with Gasteiger partial charge in [-0.15, -0.1) is 11.3 Å². The highest BCUT2D eigenvalue weighted by molar-refractivity contribution is 7.19. The summed E-state index contributed by atoms with van der Waals surface area (Å²) in [5.41, 5.74) is 3.64. The Kier molecular flexibility index (Phi) is 5.22. The standard InChI is InChI=1S/C24H23F3N6OS/c1-33-10-13-6-15(12-2-3-12)18(7-14(13)11-33)31-23-30-9-17(24(25,26)27)20(32-23)19-8-16-21(34)28-4-5-29-22(16)35-19/h6-9,12,29H,2-5,10-11H2,1H3,(H,28,34)(H,30,31,32). The number of anilines is 3. The second-order valence-corrected chi connectivity index (χ2v) is 10.3. The molecule has 182 valence electrons. The molecule has 4 heterocycles. The van der Waals surface area contributed by atoms with Crippen molar-refractivity contribution < 1.29 is 18.0 Å². The van der Waals surface area contributed by atoms with E-state index in [1.54, 1.807) is 0 Å². The summed E-state index contributed by atoms with van der Waals surface area (Å²) in [6, 6.07) is 5.76. The van der Waals surface area contributed by atoms with E-state index >= 15 is 0 Å². The molecule has 3 aromatic rings. The summed E-state index contributed by atoms with van der Waals surface area (Å²) in [6.45, 7) is 2.66. The zero-order valence-electron chi connectivity index (χ0n) is 18.9. The highest BCUT2D eigenvalue weighted by Crippen LogP contribution is 2.46. The highest BCUT2D eigenvalue weighted by Gasteiger charge is 2.37. The largest absolute Gasteiger partial charge is 0.420 e. The molecule has 3 aliphatic rings. The number of carbonyl (C=O) groups is 1. The molecule has 1 saturated carbocycles. The number of alkyl halides is 3. The predicted molar refractivity (Wildman–Crippen MR) is 128 cm³/mol. The molecule has 0 radical (unpaired) electrons. The summed E-state index contributed by atoms with van der Waals surface area (Å²) in [5.74, 6) is 0.230. The zero-order chi connectivity index (χ0) is 24.3. The molecule has 1 amide bonds. The molecule has 0 unspecified atom stereocenters. The van der Waals surface area contributed by atoms with Crippen LogP contribution in [0.2, 0.25) is 0 Å². The van der Waals surface area contributed by atoms with E-state index in [0.29, 0.717) is 29.6 Å². The molecule has 6 rings (SSSR count). The van der Waals surface area contributed by atoms with Gasteiger partial charge in [-0.05, 0) is 54.6 Å². The highest BCUT2D eigenvalue weighted by atomic mass is 32.1. The molecule has 0 saturated heterocycles. The first-order valence-electron chi connectivity index (χ1n) is 11.5. The van der Waals surface area contributed by atoms with Gasteiger partial charge in [0.1, 0.15) is 10.6 Å². The first-order valence-corrected chi connectivity index (χ1v) is 12.3. The number of aromatic nitrogens is 2. The number of thiophene rings is 1. The average molecular weight is 501 g/mol. The van der Waals surface area contributed by atoms with Crippen molar-refractivity contribution >= 4 is 33.9 Å². The van der Waals surface area contributed by atoms with Gasteiger partial charge in [-0.1, -0.05) is 6.07 Å². The molecular weight excluding hydrogens is 477 g/mol. The number of halogens is 3. The molecule has 3 N–H and O–H groups in total. The van der Waals surface area contributed by atoms with Gasteiger partial charge < -0.3 is 16.0 Å². The Morgan fingerprint density at radius 3 is 2.60 bits per heavy atom. The van der Waals surface area contributed by atoms with Crippen LogP contribution in [-0.4, -0.2) is 40.9 Å². The number of hydrogen-bond donors (Lipinski definition) is 3. The third kappa shape index (κ3) is 4.23. The number of rotatable bonds is 4. The quantitative estimate of drug-likeness (QED) is 0.471. The first kappa shape index (κ1) is 22.3. The van der Waals surface area contributed by atoms with Crippen molar-refractivity contribution in [2.24, 2.45) is 0 Å². The second-order valence-electron chi connectivity index (χ2n) is 9.27. The van der Waals surface area contributed by atoms with E-state index in [0.717, 1.165) is 54.7 Å². The second kappa shape index (κ2) is 8.20. The molecule has 0 bridgehead atoms. The van der Waals surface area contributed by atoms with Crippen LogP contribution >= 0.6 is 11.3 Å². The number of hydrogen-bond acceptors (Lipinski definition) is 7. The zero-order valence-corrected chi connectivity index (χ0v) is 19.7. The SMILES string of the molecule is CN1Cc2cc(Nc3ncc(C(F)(F)F)c(-c4cc5c(s4)NCCNC5=O)n3)c(C3CC3)cc2C1. The lowest BCUT2D eigenvalue weighted by atomic mass is 10.0. The molecule has 1 aliphatic carbocycles. The summed E-state index contributed by atoms with van der Waals surface area (Å²) < 4.78 is 41.7. The van der Waals surface area contributed by atoms with Gasteiger partial charge in [0.2, 0.25) is 5.95 Å². The van der Waals surface area contributed by atoms with Crippen molar-refractivity contribution in [1.82, 2.24) is 20.2 Å². The maximum Gasteiger partial charge on any atom is 0.420 e. The first-order chi connectivity index (χ1) is 16.8. The van der Waals surface area contributed by atoms with Gasteiger partial charge >= 0.3 is 6.18 Å². The van der Waals surface area contributed by atoms with E-state index in [9.17, 15) is 18.0 Å². The van der Waals surface area contributed by atoms with Gasteiger partial charge in [-0.3, -0.25) is 9.69 Å². The van der Waals surface area contributed by atoms with E-state index in [4.69, 9.17) is 0 Å². The third-order valence-corrected chi connectivity index (χ3v) is 7.62.